The molecule has 0 fully saturated rings. The van der Waals surface area contributed by atoms with Gasteiger partial charge in [-0.15, -0.1) is 0 Å². The zero-order valence-corrected chi connectivity index (χ0v) is 11.4. The fourth-order valence-corrected chi connectivity index (χ4v) is 1.87. The molecular weight excluding hydrogens is 284 g/mol. The van der Waals surface area contributed by atoms with Gasteiger partial charge in [0.25, 0.3) is 5.91 Å². The average molecular weight is 296 g/mol. The lowest BCUT2D eigenvalue weighted by Crippen LogP contribution is -2.20. The number of rotatable bonds is 4. The number of carbonyl (C=O) groups is 2. The number of carbonyl (C=O) groups excluding carboxylic acids is 2. The van der Waals surface area contributed by atoms with E-state index in [2.05, 4.69) is 10.3 Å². The van der Waals surface area contributed by atoms with Gasteiger partial charge in [-0.3, -0.25) is 9.59 Å². The van der Waals surface area contributed by atoms with Crippen LogP contribution in [0.2, 0.25) is 0 Å². The van der Waals surface area contributed by atoms with Crippen LogP contribution >= 0.6 is 0 Å². The van der Waals surface area contributed by atoms with Crippen LogP contribution in [0.4, 0.5) is 5.69 Å². The van der Waals surface area contributed by atoms with Crippen molar-refractivity contribution < 1.29 is 14.7 Å². The van der Waals surface area contributed by atoms with Gasteiger partial charge in [-0.25, -0.2) is 4.98 Å². The van der Waals surface area contributed by atoms with Crippen LogP contribution in [0.3, 0.4) is 0 Å². The van der Waals surface area contributed by atoms with Crippen molar-refractivity contribution in [3.8, 4) is 11.8 Å². The summed E-state index contributed by atoms with van der Waals surface area (Å²) in [6, 6.07) is 9.19. The Labute approximate surface area is 126 Å². The Morgan fingerprint density at radius 2 is 2.14 bits per heavy atom. The summed E-state index contributed by atoms with van der Waals surface area (Å²) in [6.45, 7) is 0. The summed E-state index contributed by atoms with van der Waals surface area (Å²) in [5.41, 5.74) is 5.96. The summed E-state index contributed by atoms with van der Waals surface area (Å²) < 4.78 is 0. The van der Waals surface area contributed by atoms with E-state index in [0.717, 1.165) is 0 Å². The Morgan fingerprint density at radius 1 is 1.36 bits per heavy atom. The predicted molar refractivity (Wildman–Crippen MR) is 77.9 cm³/mol. The topological polar surface area (TPSA) is 129 Å². The van der Waals surface area contributed by atoms with E-state index in [-0.39, 0.29) is 23.6 Å². The molecule has 0 unspecified atom stereocenters. The number of nitriles is 1. The number of hydrogen-bond acceptors (Lipinski definition) is 5. The molecular formula is C15H12N4O3. The minimum absolute atomic E-state index is 0.0501. The van der Waals surface area contributed by atoms with Crippen molar-refractivity contribution in [3.05, 3.63) is 53.3 Å². The highest BCUT2D eigenvalue weighted by Gasteiger charge is 2.14. The van der Waals surface area contributed by atoms with Crippen LogP contribution in [0, 0.1) is 11.3 Å². The summed E-state index contributed by atoms with van der Waals surface area (Å²) in [4.78, 5) is 27.1. The van der Waals surface area contributed by atoms with Crippen LogP contribution in [0.5, 0.6) is 5.75 Å². The number of hydrogen-bond donors (Lipinski definition) is 3. The van der Waals surface area contributed by atoms with Crippen molar-refractivity contribution in [2.45, 2.75) is 6.42 Å². The first-order chi connectivity index (χ1) is 10.5. The van der Waals surface area contributed by atoms with Gasteiger partial charge >= 0.3 is 0 Å². The first kappa shape index (κ1) is 15.0. The Bertz CT molecular complexity index is 781. The molecule has 1 aromatic carbocycles. The van der Waals surface area contributed by atoms with Gasteiger partial charge in [0.1, 0.15) is 5.75 Å². The lowest BCUT2D eigenvalue weighted by atomic mass is 10.1. The van der Waals surface area contributed by atoms with E-state index < -0.39 is 11.8 Å². The number of aromatic hydroxyl groups is 1. The summed E-state index contributed by atoms with van der Waals surface area (Å²) in [5.74, 6) is -1.32. The average Bonchev–Trinajstić information content (AvgIpc) is 2.49. The molecule has 0 spiro atoms. The second kappa shape index (κ2) is 6.37. The number of benzene rings is 1. The third-order valence-corrected chi connectivity index (χ3v) is 2.87. The summed E-state index contributed by atoms with van der Waals surface area (Å²) in [7, 11) is 0. The van der Waals surface area contributed by atoms with Crippen LogP contribution in [0.25, 0.3) is 0 Å². The molecule has 7 nitrogen and oxygen atoms in total. The molecule has 22 heavy (non-hydrogen) atoms. The highest BCUT2D eigenvalue weighted by Crippen LogP contribution is 2.20. The normalized spacial score (nSPS) is 9.77. The van der Waals surface area contributed by atoms with E-state index in [1.807, 2.05) is 6.07 Å². The highest BCUT2D eigenvalue weighted by molar-refractivity contribution is 6.01. The number of aromatic nitrogens is 1. The largest absolute Gasteiger partial charge is 0.508 e. The molecule has 0 saturated heterocycles. The quantitative estimate of drug-likeness (QED) is 0.773. The molecule has 0 aliphatic carbocycles. The molecule has 1 heterocycles. The van der Waals surface area contributed by atoms with Crippen molar-refractivity contribution in [3.63, 3.8) is 0 Å². The maximum Gasteiger partial charge on any atom is 0.269 e. The smallest absolute Gasteiger partial charge is 0.269 e. The van der Waals surface area contributed by atoms with E-state index in [4.69, 9.17) is 11.0 Å². The monoisotopic (exact) mass is 296 g/mol. The standard InChI is InChI=1S/C15H12N4O3/c16-8-9-3-4-12(20)10(6-9)7-13(21)19-11-2-1-5-18-14(11)15(17)22/h1-6,20H,7H2,(H2,17,22)(H,19,21). The van der Waals surface area contributed by atoms with Gasteiger partial charge in [-0.05, 0) is 30.3 Å². The SMILES string of the molecule is N#Cc1ccc(O)c(CC(=O)Nc2cccnc2C(N)=O)c1. The van der Waals surface area contributed by atoms with Crippen molar-refractivity contribution in [1.82, 2.24) is 4.98 Å². The van der Waals surface area contributed by atoms with E-state index in [1.165, 1.54) is 30.5 Å². The zero-order valence-electron chi connectivity index (χ0n) is 11.4. The molecule has 0 saturated carbocycles. The van der Waals surface area contributed by atoms with E-state index in [1.54, 1.807) is 6.07 Å². The van der Waals surface area contributed by atoms with Gasteiger partial charge in [-0.1, -0.05) is 0 Å². The first-order valence-electron chi connectivity index (χ1n) is 6.28. The van der Waals surface area contributed by atoms with E-state index in [0.29, 0.717) is 11.1 Å². The Balaban J connectivity index is 2.18. The molecule has 0 aliphatic rings. The molecule has 4 N–H and O–H groups in total. The molecule has 7 heteroatoms. The van der Waals surface area contributed by atoms with Crippen LogP contribution in [0.1, 0.15) is 21.6 Å². The molecule has 2 rings (SSSR count). The Morgan fingerprint density at radius 3 is 2.82 bits per heavy atom. The lowest BCUT2D eigenvalue weighted by molar-refractivity contribution is -0.115. The lowest BCUT2D eigenvalue weighted by Gasteiger charge is -2.09. The number of primary amides is 1. The maximum atomic E-state index is 12.0. The molecule has 1 aromatic heterocycles. The molecule has 0 bridgehead atoms. The number of pyridine rings is 1. The number of nitrogens with zero attached hydrogens (tertiary/aromatic N) is 2. The summed E-state index contributed by atoms with van der Waals surface area (Å²) in [5, 5.41) is 21.0. The van der Waals surface area contributed by atoms with E-state index in [9.17, 15) is 14.7 Å². The predicted octanol–water partition coefficient (Wildman–Crippen LogP) is 0.939. The second-order valence-electron chi connectivity index (χ2n) is 4.44. The van der Waals surface area contributed by atoms with Gasteiger partial charge in [0, 0.05) is 11.8 Å². The van der Waals surface area contributed by atoms with Crippen LogP contribution in [0.15, 0.2) is 36.5 Å². The van der Waals surface area contributed by atoms with Crippen LogP contribution in [-0.4, -0.2) is 21.9 Å². The molecule has 110 valence electrons. The third-order valence-electron chi connectivity index (χ3n) is 2.87. The molecule has 0 atom stereocenters. The van der Waals surface area contributed by atoms with Gasteiger partial charge in [0.2, 0.25) is 5.91 Å². The van der Waals surface area contributed by atoms with Gasteiger partial charge < -0.3 is 16.2 Å². The van der Waals surface area contributed by atoms with Gasteiger partial charge in [-0.2, -0.15) is 5.26 Å². The summed E-state index contributed by atoms with van der Waals surface area (Å²) in [6.07, 6.45) is 1.23. The highest BCUT2D eigenvalue weighted by atomic mass is 16.3. The summed E-state index contributed by atoms with van der Waals surface area (Å²) >= 11 is 0. The number of amides is 2. The van der Waals surface area contributed by atoms with E-state index >= 15 is 0 Å². The second-order valence-corrected chi connectivity index (χ2v) is 4.44. The van der Waals surface area contributed by atoms with Crippen molar-refractivity contribution in [2.24, 2.45) is 5.73 Å². The Hall–Kier alpha value is -3.40. The van der Waals surface area contributed by atoms with Crippen molar-refractivity contribution in [1.29, 1.82) is 5.26 Å². The minimum atomic E-state index is -0.759. The van der Waals surface area contributed by atoms with Gasteiger partial charge in [0.05, 0.1) is 23.7 Å². The number of nitrogens with two attached hydrogens (primary N) is 1. The van der Waals surface area contributed by atoms with Crippen molar-refractivity contribution >= 4 is 17.5 Å². The number of phenols is 1. The molecule has 0 aliphatic heterocycles. The Kier molecular flexibility index (Phi) is 4.34. The molecule has 2 amide bonds. The van der Waals surface area contributed by atoms with Crippen LogP contribution < -0.4 is 11.1 Å². The number of phenolic OH excluding ortho intramolecular Hbond substituents is 1. The number of anilines is 1. The maximum absolute atomic E-state index is 12.0. The fraction of sp³-hybridized carbons (Fsp3) is 0.0667. The van der Waals surface area contributed by atoms with Crippen LogP contribution in [-0.2, 0) is 11.2 Å². The minimum Gasteiger partial charge on any atom is -0.508 e. The molecule has 0 radical (unpaired) electrons. The zero-order chi connectivity index (χ0) is 16.1. The first-order valence-corrected chi connectivity index (χ1v) is 6.28. The fourth-order valence-electron chi connectivity index (χ4n) is 1.87. The van der Waals surface area contributed by atoms with Gasteiger partial charge in [0.15, 0.2) is 5.69 Å². The molecule has 2 aromatic rings. The van der Waals surface area contributed by atoms with Crippen molar-refractivity contribution in [2.75, 3.05) is 5.32 Å². The third kappa shape index (κ3) is 3.37. The number of nitrogens with one attached hydrogen (secondary N) is 1.